The van der Waals surface area contributed by atoms with Crippen LogP contribution in [0.3, 0.4) is 0 Å². The maximum atomic E-state index is 13.1. The molecule has 78 valence electrons. The summed E-state index contributed by atoms with van der Waals surface area (Å²) in [5.41, 5.74) is 6.92. The summed E-state index contributed by atoms with van der Waals surface area (Å²) in [5, 5.41) is 3.65. The van der Waals surface area contributed by atoms with Crippen LogP contribution in [0.1, 0.15) is 5.69 Å². The lowest BCUT2D eigenvalue weighted by Gasteiger charge is -2.05. The zero-order valence-electron chi connectivity index (χ0n) is 8.29. The SMILES string of the molecule is CNCc1nc(N)nc2ccc(F)cc12. The van der Waals surface area contributed by atoms with Gasteiger partial charge in [-0.05, 0) is 25.2 Å². The number of hydrogen-bond acceptors (Lipinski definition) is 4. The number of benzene rings is 1. The van der Waals surface area contributed by atoms with E-state index in [2.05, 4.69) is 15.3 Å². The highest BCUT2D eigenvalue weighted by molar-refractivity contribution is 5.81. The van der Waals surface area contributed by atoms with E-state index in [-0.39, 0.29) is 11.8 Å². The van der Waals surface area contributed by atoms with Crippen LogP contribution < -0.4 is 11.1 Å². The molecule has 2 aromatic rings. The molecule has 1 heterocycles. The molecule has 0 atom stereocenters. The highest BCUT2D eigenvalue weighted by Crippen LogP contribution is 2.17. The fourth-order valence-corrected chi connectivity index (χ4v) is 1.49. The molecule has 0 radical (unpaired) electrons. The molecule has 0 amide bonds. The van der Waals surface area contributed by atoms with E-state index in [0.29, 0.717) is 23.1 Å². The molecule has 0 aliphatic carbocycles. The zero-order valence-corrected chi connectivity index (χ0v) is 8.29. The predicted molar refractivity (Wildman–Crippen MR) is 56.7 cm³/mol. The smallest absolute Gasteiger partial charge is 0.220 e. The van der Waals surface area contributed by atoms with Gasteiger partial charge in [0, 0.05) is 11.9 Å². The number of halogens is 1. The molecule has 5 heteroatoms. The summed E-state index contributed by atoms with van der Waals surface area (Å²) in [6.07, 6.45) is 0. The Morgan fingerprint density at radius 3 is 2.93 bits per heavy atom. The molecule has 0 unspecified atom stereocenters. The first-order chi connectivity index (χ1) is 7.20. The van der Waals surface area contributed by atoms with E-state index in [4.69, 9.17) is 5.73 Å². The van der Waals surface area contributed by atoms with Crippen molar-refractivity contribution in [2.24, 2.45) is 0 Å². The third kappa shape index (κ3) is 1.87. The van der Waals surface area contributed by atoms with Crippen LogP contribution >= 0.6 is 0 Å². The van der Waals surface area contributed by atoms with Gasteiger partial charge in [0.1, 0.15) is 5.82 Å². The third-order valence-corrected chi connectivity index (χ3v) is 2.10. The normalized spacial score (nSPS) is 10.8. The average molecular weight is 206 g/mol. The second kappa shape index (κ2) is 3.78. The van der Waals surface area contributed by atoms with Crippen LogP contribution in [0.5, 0.6) is 0 Å². The average Bonchev–Trinajstić information content (AvgIpc) is 2.19. The molecule has 0 saturated carbocycles. The van der Waals surface area contributed by atoms with Crippen molar-refractivity contribution < 1.29 is 4.39 Å². The monoisotopic (exact) mass is 206 g/mol. The first kappa shape index (κ1) is 9.79. The van der Waals surface area contributed by atoms with Crippen molar-refractivity contribution in [1.82, 2.24) is 15.3 Å². The molecule has 0 aliphatic rings. The van der Waals surface area contributed by atoms with Gasteiger partial charge in [0.05, 0.1) is 11.2 Å². The van der Waals surface area contributed by atoms with Gasteiger partial charge in [-0.1, -0.05) is 0 Å². The molecular formula is C10H11FN4. The minimum Gasteiger partial charge on any atom is -0.368 e. The predicted octanol–water partition coefficient (Wildman–Crippen LogP) is 1.07. The van der Waals surface area contributed by atoms with Gasteiger partial charge in [-0.2, -0.15) is 0 Å². The van der Waals surface area contributed by atoms with Crippen LogP contribution in [0.15, 0.2) is 18.2 Å². The van der Waals surface area contributed by atoms with E-state index in [0.717, 1.165) is 0 Å². The number of aromatic nitrogens is 2. The summed E-state index contributed by atoms with van der Waals surface area (Å²) in [5.74, 6) is -0.0902. The fraction of sp³-hybridized carbons (Fsp3) is 0.200. The first-order valence-corrected chi connectivity index (χ1v) is 4.57. The second-order valence-electron chi connectivity index (χ2n) is 3.22. The summed E-state index contributed by atoms with van der Waals surface area (Å²) < 4.78 is 13.1. The van der Waals surface area contributed by atoms with Gasteiger partial charge < -0.3 is 11.1 Å². The Bertz CT molecular complexity index is 498. The molecule has 1 aromatic carbocycles. The van der Waals surface area contributed by atoms with Crippen molar-refractivity contribution in [2.75, 3.05) is 12.8 Å². The Morgan fingerprint density at radius 1 is 1.40 bits per heavy atom. The van der Waals surface area contributed by atoms with Crippen LogP contribution in [0.4, 0.5) is 10.3 Å². The summed E-state index contributed by atoms with van der Waals surface area (Å²) in [7, 11) is 1.80. The van der Waals surface area contributed by atoms with Gasteiger partial charge in [-0.25, -0.2) is 14.4 Å². The Morgan fingerprint density at radius 2 is 2.20 bits per heavy atom. The fourth-order valence-electron chi connectivity index (χ4n) is 1.49. The number of nitrogens with two attached hydrogens (primary N) is 1. The van der Waals surface area contributed by atoms with Crippen molar-refractivity contribution >= 4 is 16.9 Å². The topological polar surface area (TPSA) is 63.8 Å². The van der Waals surface area contributed by atoms with Crippen LogP contribution in [-0.4, -0.2) is 17.0 Å². The van der Waals surface area contributed by atoms with Crippen LogP contribution in [0.2, 0.25) is 0 Å². The molecule has 0 bridgehead atoms. The molecule has 4 nitrogen and oxygen atoms in total. The Balaban J connectivity index is 2.70. The van der Waals surface area contributed by atoms with Gasteiger partial charge >= 0.3 is 0 Å². The van der Waals surface area contributed by atoms with E-state index < -0.39 is 0 Å². The van der Waals surface area contributed by atoms with Crippen molar-refractivity contribution in [3.05, 3.63) is 29.7 Å². The second-order valence-corrected chi connectivity index (χ2v) is 3.22. The van der Waals surface area contributed by atoms with Gasteiger partial charge in [0.2, 0.25) is 5.95 Å². The summed E-state index contributed by atoms with van der Waals surface area (Å²) in [6, 6.07) is 4.38. The van der Waals surface area contributed by atoms with Gasteiger partial charge in [0.25, 0.3) is 0 Å². The van der Waals surface area contributed by atoms with Gasteiger partial charge in [0.15, 0.2) is 0 Å². The Labute approximate surface area is 86.3 Å². The molecular weight excluding hydrogens is 195 g/mol. The van der Waals surface area contributed by atoms with Crippen molar-refractivity contribution in [3.8, 4) is 0 Å². The first-order valence-electron chi connectivity index (χ1n) is 4.57. The molecule has 0 spiro atoms. The molecule has 0 saturated heterocycles. The van der Waals surface area contributed by atoms with Crippen molar-refractivity contribution in [3.63, 3.8) is 0 Å². The van der Waals surface area contributed by atoms with Crippen molar-refractivity contribution in [2.45, 2.75) is 6.54 Å². The minimum atomic E-state index is -0.298. The standard InChI is InChI=1S/C10H11FN4/c1-13-5-9-7-4-6(11)2-3-8(7)14-10(12)15-9/h2-4,13H,5H2,1H3,(H2,12,14,15). The molecule has 15 heavy (non-hydrogen) atoms. The van der Waals surface area contributed by atoms with Crippen LogP contribution in [0, 0.1) is 5.82 Å². The van der Waals surface area contributed by atoms with Crippen molar-refractivity contribution in [1.29, 1.82) is 0 Å². The maximum absolute atomic E-state index is 13.1. The lowest BCUT2D eigenvalue weighted by molar-refractivity contribution is 0.629. The lowest BCUT2D eigenvalue weighted by atomic mass is 10.2. The number of hydrogen-bond donors (Lipinski definition) is 2. The lowest BCUT2D eigenvalue weighted by Crippen LogP contribution is -2.10. The van der Waals surface area contributed by atoms with E-state index in [1.165, 1.54) is 12.1 Å². The number of anilines is 1. The van der Waals surface area contributed by atoms with Gasteiger partial charge in [-0.3, -0.25) is 0 Å². The minimum absolute atomic E-state index is 0.208. The van der Waals surface area contributed by atoms with E-state index in [9.17, 15) is 4.39 Å². The Kier molecular flexibility index (Phi) is 2.47. The summed E-state index contributed by atoms with van der Waals surface area (Å²) in [6.45, 7) is 0.534. The van der Waals surface area contributed by atoms with E-state index in [1.54, 1.807) is 13.1 Å². The Hall–Kier alpha value is -1.75. The largest absolute Gasteiger partial charge is 0.368 e. The molecule has 1 aromatic heterocycles. The highest BCUT2D eigenvalue weighted by atomic mass is 19.1. The highest BCUT2D eigenvalue weighted by Gasteiger charge is 2.06. The summed E-state index contributed by atoms with van der Waals surface area (Å²) in [4.78, 5) is 8.10. The number of nitrogens with one attached hydrogen (secondary N) is 1. The number of rotatable bonds is 2. The summed E-state index contributed by atoms with van der Waals surface area (Å²) >= 11 is 0. The number of nitrogen functional groups attached to an aromatic ring is 1. The number of nitrogens with zero attached hydrogens (tertiary/aromatic N) is 2. The van der Waals surface area contributed by atoms with E-state index in [1.807, 2.05) is 0 Å². The molecule has 0 fully saturated rings. The van der Waals surface area contributed by atoms with Gasteiger partial charge in [-0.15, -0.1) is 0 Å². The quantitative estimate of drug-likeness (QED) is 0.771. The molecule has 0 aliphatic heterocycles. The molecule has 3 N–H and O–H groups in total. The maximum Gasteiger partial charge on any atom is 0.220 e. The van der Waals surface area contributed by atoms with Crippen LogP contribution in [-0.2, 0) is 6.54 Å². The number of fused-ring (bicyclic) bond motifs is 1. The van der Waals surface area contributed by atoms with Crippen LogP contribution in [0.25, 0.3) is 10.9 Å². The molecule has 2 rings (SSSR count). The third-order valence-electron chi connectivity index (χ3n) is 2.10. The zero-order chi connectivity index (χ0) is 10.8. The van der Waals surface area contributed by atoms with E-state index >= 15 is 0 Å².